The standard InChI is InChI=1S/C14H11BrN3O3/c1-2-17-7-9(5-10(15)8-17)14-16-12-6-11(18(19)20)3-4-13(12)21-14/h3-8H,2H2,1H3/q+1. The smallest absolute Gasteiger partial charge is 0.271 e. The van der Waals surface area contributed by atoms with Crippen LogP contribution >= 0.6 is 15.9 Å². The molecule has 0 fully saturated rings. The van der Waals surface area contributed by atoms with Crippen LogP contribution in [0, 0.1) is 10.1 Å². The largest absolute Gasteiger partial charge is 0.436 e. The number of hydrogen-bond acceptors (Lipinski definition) is 4. The first-order chi connectivity index (χ1) is 10.1. The number of aryl methyl sites for hydroxylation is 1. The molecule has 0 atom stereocenters. The molecular formula is C14H11BrN3O3+. The van der Waals surface area contributed by atoms with Crippen LogP contribution in [0.2, 0.25) is 0 Å². The summed E-state index contributed by atoms with van der Waals surface area (Å²) in [5, 5.41) is 10.8. The molecule has 0 bridgehead atoms. The number of pyridine rings is 1. The molecule has 1 aromatic carbocycles. The minimum absolute atomic E-state index is 0.000199. The molecule has 0 aliphatic heterocycles. The van der Waals surface area contributed by atoms with E-state index in [0.29, 0.717) is 17.0 Å². The van der Waals surface area contributed by atoms with Crippen molar-refractivity contribution in [1.29, 1.82) is 0 Å². The molecule has 21 heavy (non-hydrogen) atoms. The zero-order valence-corrected chi connectivity index (χ0v) is 12.7. The third-order valence-electron chi connectivity index (χ3n) is 3.08. The van der Waals surface area contributed by atoms with Gasteiger partial charge in [0.25, 0.3) is 5.69 Å². The molecule has 0 aliphatic rings. The van der Waals surface area contributed by atoms with Gasteiger partial charge in [-0.3, -0.25) is 10.1 Å². The Morgan fingerprint density at radius 1 is 1.38 bits per heavy atom. The molecule has 0 spiro atoms. The van der Waals surface area contributed by atoms with Crippen LogP contribution < -0.4 is 4.57 Å². The summed E-state index contributed by atoms with van der Waals surface area (Å²) < 4.78 is 8.58. The van der Waals surface area contributed by atoms with E-state index in [1.54, 1.807) is 6.07 Å². The van der Waals surface area contributed by atoms with Gasteiger partial charge in [0.2, 0.25) is 5.89 Å². The van der Waals surface area contributed by atoms with Crippen LogP contribution in [0.5, 0.6) is 0 Å². The van der Waals surface area contributed by atoms with Gasteiger partial charge in [0.05, 0.1) is 9.40 Å². The summed E-state index contributed by atoms with van der Waals surface area (Å²) >= 11 is 3.45. The first-order valence-electron chi connectivity index (χ1n) is 6.32. The van der Waals surface area contributed by atoms with E-state index < -0.39 is 4.92 Å². The highest BCUT2D eigenvalue weighted by Crippen LogP contribution is 2.27. The number of non-ortho nitro benzene ring substituents is 1. The van der Waals surface area contributed by atoms with Crippen LogP contribution in [0.1, 0.15) is 6.92 Å². The summed E-state index contributed by atoms with van der Waals surface area (Å²) in [6.45, 7) is 2.85. The first-order valence-corrected chi connectivity index (χ1v) is 7.11. The topological polar surface area (TPSA) is 73.0 Å². The Bertz CT molecular complexity index is 845. The Hall–Kier alpha value is -2.28. The quantitative estimate of drug-likeness (QED) is 0.412. The van der Waals surface area contributed by atoms with Crippen molar-refractivity contribution in [2.75, 3.05) is 0 Å². The molecule has 3 rings (SSSR count). The Kier molecular flexibility index (Phi) is 3.42. The fourth-order valence-corrected chi connectivity index (χ4v) is 2.56. The van der Waals surface area contributed by atoms with Crippen LogP contribution in [0.4, 0.5) is 5.69 Å². The SMILES string of the molecule is CC[n+]1cc(Br)cc(-c2nc3cc([N+](=O)[O-])ccc3o2)c1. The van der Waals surface area contributed by atoms with Gasteiger partial charge < -0.3 is 4.42 Å². The van der Waals surface area contributed by atoms with Gasteiger partial charge in [-0.05, 0) is 35.0 Å². The van der Waals surface area contributed by atoms with E-state index in [2.05, 4.69) is 20.9 Å². The van der Waals surface area contributed by atoms with Crippen molar-refractivity contribution < 1.29 is 13.9 Å². The van der Waals surface area contributed by atoms with Crippen LogP contribution in [0.3, 0.4) is 0 Å². The zero-order valence-electron chi connectivity index (χ0n) is 11.1. The van der Waals surface area contributed by atoms with Crippen molar-refractivity contribution in [3.8, 4) is 11.5 Å². The molecule has 6 nitrogen and oxygen atoms in total. The molecule has 2 heterocycles. The highest BCUT2D eigenvalue weighted by atomic mass is 79.9. The number of rotatable bonds is 3. The molecule has 0 unspecified atom stereocenters. The number of aromatic nitrogens is 2. The summed E-state index contributed by atoms with van der Waals surface area (Å²) in [6, 6.07) is 6.28. The summed E-state index contributed by atoms with van der Waals surface area (Å²) in [5.41, 5.74) is 1.81. The molecule has 0 aliphatic carbocycles. The fraction of sp³-hybridized carbons (Fsp3) is 0.143. The number of fused-ring (bicyclic) bond motifs is 1. The van der Waals surface area contributed by atoms with E-state index in [-0.39, 0.29) is 5.69 Å². The van der Waals surface area contributed by atoms with Crippen molar-refractivity contribution in [2.45, 2.75) is 13.5 Å². The van der Waals surface area contributed by atoms with Gasteiger partial charge in [-0.25, -0.2) is 9.55 Å². The summed E-state index contributed by atoms with van der Waals surface area (Å²) in [7, 11) is 0. The van der Waals surface area contributed by atoms with Crippen molar-refractivity contribution in [2.24, 2.45) is 0 Å². The van der Waals surface area contributed by atoms with E-state index in [0.717, 1.165) is 16.6 Å². The molecule has 7 heteroatoms. The minimum Gasteiger partial charge on any atom is -0.436 e. The van der Waals surface area contributed by atoms with Crippen molar-refractivity contribution in [3.63, 3.8) is 0 Å². The van der Waals surface area contributed by atoms with Crippen LogP contribution in [0.25, 0.3) is 22.6 Å². The number of hydrogen-bond donors (Lipinski definition) is 0. The first kappa shape index (κ1) is 13.7. The van der Waals surface area contributed by atoms with Gasteiger partial charge in [-0.15, -0.1) is 0 Å². The normalized spacial score (nSPS) is 11.0. The third kappa shape index (κ3) is 2.64. The number of benzene rings is 1. The maximum absolute atomic E-state index is 10.8. The number of oxazole rings is 1. The van der Waals surface area contributed by atoms with Crippen molar-refractivity contribution in [1.82, 2.24) is 4.98 Å². The number of nitro benzene ring substituents is 1. The Morgan fingerprint density at radius 2 is 2.19 bits per heavy atom. The van der Waals surface area contributed by atoms with Crippen molar-refractivity contribution in [3.05, 3.63) is 51.2 Å². The molecule has 0 radical (unpaired) electrons. The second kappa shape index (κ2) is 5.25. The molecule has 0 saturated heterocycles. The highest BCUT2D eigenvalue weighted by molar-refractivity contribution is 9.10. The van der Waals surface area contributed by atoms with Gasteiger partial charge in [-0.1, -0.05) is 0 Å². The third-order valence-corrected chi connectivity index (χ3v) is 3.52. The molecule has 106 valence electrons. The Balaban J connectivity index is 2.12. The van der Waals surface area contributed by atoms with Gasteiger partial charge >= 0.3 is 0 Å². The maximum atomic E-state index is 10.8. The Morgan fingerprint density at radius 3 is 2.90 bits per heavy atom. The van der Waals surface area contributed by atoms with E-state index in [4.69, 9.17) is 4.42 Å². The molecule has 0 amide bonds. The van der Waals surface area contributed by atoms with Gasteiger partial charge in [0.1, 0.15) is 17.6 Å². The molecule has 3 aromatic rings. The maximum Gasteiger partial charge on any atom is 0.271 e. The fourth-order valence-electron chi connectivity index (χ4n) is 2.05. The monoisotopic (exact) mass is 348 g/mol. The van der Waals surface area contributed by atoms with Crippen LogP contribution in [-0.2, 0) is 6.54 Å². The van der Waals surface area contributed by atoms with E-state index in [9.17, 15) is 10.1 Å². The number of halogens is 1. The highest BCUT2D eigenvalue weighted by Gasteiger charge is 2.15. The van der Waals surface area contributed by atoms with Crippen molar-refractivity contribution >= 4 is 32.7 Å². The van der Waals surface area contributed by atoms with E-state index in [1.807, 2.05) is 30.0 Å². The average molecular weight is 349 g/mol. The molecular weight excluding hydrogens is 338 g/mol. The summed E-state index contributed by atoms with van der Waals surface area (Å²) in [5.74, 6) is 0.439. The Labute approximate surface area is 128 Å². The molecule has 0 saturated carbocycles. The lowest BCUT2D eigenvalue weighted by Gasteiger charge is -1.96. The van der Waals surface area contributed by atoms with Gasteiger partial charge in [-0.2, -0.15) is 0 Å². The van der Waals surface area contributed by atoms with Gasteiger partial charge in [0, 0.05) is 12.1 Å². The summed E-state index contributed by atoms with van der Waals surface area (Å²) in [4.78, 5) is 14.7. The average Bonchev–Trinajstić information content (AvgIpc) is 2.89. The van der Waals surface area contributed by atoms with Gasteiger partial charge in [0.15, 0.2) is 18.0 Å². The zero-order chi connectivity index (χ0) is 15.0. The lowest BCUT2D eigenvalue weighted by Crippen LogP contribution is -2.31. The van der Waals surface area contributed by atoms with E-state index in [1.165, 1.54) is 12.1 Å². The predicted octanol–water partition coefficient (Wildman–Crippen LogP) is 3.47. The lowest BCUT2D eigenvalue weighted by atomic mass is 10.3. The predicted molar refractivity (Wildman–Crippen MR) is 79.7 cm³/mol. The number of nitro groups is 1. The minimum atomic E-state index is -0.446. The number of nitrogens with zero attached hydrogens (tertiary/aromatic N) is 3. The second-order valence-electron chi connectivity index (χ2n) is 4.50. The van der Waals surface area contributed by atoms with Crippen LogP contribution in [-0.4, -0.2) is 9.91 Å². The lowest BCUT2D eigenvalue weighted by molar-refractivity contribution is -0.693. The molecule has 2 aromatic heterocycles. The van der Waals surface area contributed by atoms with Crippen LogP contribution in [0.15, 0.2) is 45.5 Å². The van der Waals surface area contributed by atoms with E-state index >= 15 is 0 Å². The summed E-state index contributed by atoms with van der Waals surface area (Å²) in [6.07, 6.45) is 3.88. The second-order valence-corrected chi connectivity index (χ2v) is 5.42. The molecule has 0 N–H and O–H groups in total.